The fraction of sp³-hybridized carbons (Fsp3) is 0.500. The zero-order chi connectivity index (χ0) is 13.0. The van der Waals surface area contributed by atoms with Crippen molar-refractivity contribution in [3.63, 3.8) is 0 Å². The van der Waals surface area contributed by atoms with Gasteiger partial charge in [-0.1, -0.05) is 6.07 Å². The average molecular weight is 248 g/mol. The first-order valence-electron chi connectivity index (χ1n) is 6.38. The van der Waals surface area contributed by atoms with E-state index in [4.69, 9.17) is 10.5 Å². The van der Waals surface area contributed by atoms with Crippen LogP contribution in [0.5, 0.6) is 5.75 Å². The van der Waals surface area contributed by atoms with E-state index in [2.05, 4.69) is 5.32 Å². The van der Waals surface area contributed by atoms with Crippen LogP contribution in [0.15, 0.2) is 18.2 Å². The summed E-state index contributed by atoms with van der Waals surface area (Å²) in [6, 6.07) is 5.36. The largest absolute Gasteiger partial charge is 0.495 e. The highest BCUT2D eigenvalue weighted by Crippen LogP contribution is 2.27. The van der Waals surface area contributed by atoms with E-state index in [0.29, 0.717) is 29.3 Å². The Morgan fingerprint density at radius 1 is 1.44 bits per heavy atom. The van der Waals surface area contributed by atoms with Gasteiger partial charge < -0.3 is 15.8 Å². The summed E-state index contributed by atoms with van der Waals surface area (Å²) < 4.78 is 5.14. The highest BCUT2D eigenvalue weighted by atomic mass is 16.5. The van der Waals surface area contributed by atoms with Crippen LogP contribution in [0, 0.1) is 5.92 Å². The first-order valence-corrected chi connectivity index (χ1v) is 6.38. The maximum atomic E-state index is 12.2. The second-order valence-electron chi connectivity index (χ2n) is 4.74. The molecule has 2 rings (SSSR count). The SMILES string of the molecule is COc1cccc(C(=O)CC2CCNCC2)c1N. The number of rotatable bonds is 4. The Kier molecular flexibility index (Phi) is 4.20. The fourth-order valence-electron chi connectivity index (χ4n) is 2.42. The van der Waals surface area contributed by atoms with Crippen molar-refractivity contribution >= 4 is 11.5 Å². The van der Waals surface area contributed by atoms with E-state index in [-0.39, 0.29) is 5.78 Å². The van der Waals surface area contributed by atoms with Gasteiger partial charge in [0.2, 0.25) is 0 Å². The normalized spacial score (nSPS) is 16.5. The Morgan fingerprint density at radius 3 is 2.83 bits per heavy atom. The average Bonchev–Trinajstić information content (AvgIpc) is 2.40. The van der Waals surface area contributed by atoms with Gasteiger partial charge >= 0.3 is 0 Å². The molecular formula is C14H20N2O2. The van der Waals surface area contributed by atoms with Crippen molar-refractivity contribution < 1.29 is 9.53 Å². The number of anilines is 1. The summed E-state index contributed by atoms with van der Waals surface area (Å²) >= 11 is 0. The number of ether oxygens (including phenoxy) is 1. The van der Waals surface area contributed by atoms with Gasteiger partial charge in [0, 0.05) is 12.0 Å². The summed E-state index contributed by atoms with van der Waals surface area (Å²) in [7, 11) is 1.56. The molecule has 0 bridgehead atoms. The number of nitrogen functional groups attached to an aromatic ring is 1. The molecule has 1 saturated heterocycles. The van der Waals surface area contributed by atoms with Gasteiger partial charge in [-0.3, -0.25) is 4.79 Å². The highest BCUT2D eigenvalue weighted by Gasteiger charge is 2.20. The zero-order valence-electron chi connectivity index (χ0n) is 10.7. The lowest BCUT2D eigenvalue weighted by molar-refractivity contribution is 0.0953. The molecule has 98 valence electrons. The van der Waals surface area contributed by atoms with Crippen molar-refractivity contribution in [2.75, 3.05) is 25.9 Å². The van der Waals surface area contributed by atoms with Gasteiger partial charge in [-0.25, -0.2) is 0 Å². The van der Waals surface area contributed by atoms with Gasteiger partial charge in [-0.2, -0.15) is 0 Å². The van der Waals surface area contributed by atoms with Crippen LogP contribution in [0.25, 0.3) is 0 Å². The number of nitrogens with two attached hydrogens (primary N) is 1. The number of ketones is 1. The van der Waals surface area contributed by atoms with Gasteiger partial charge in [0.05, 0.1) is 12.8 Å². The van der Waals surface area contributed by atoms with Crippen molar-refractivity contribution in [1.82, 2.24) is 5.32 Å². The van der Waals surface area contributed by atoms with Crippen LogP contribution in [-0.4, -0.2) is 26.0 Å². The molecule has 0 aromatic heterocycles. The minimum absolute atomic E-state index is 0.123. The first kappa shape index (κ1) is 12.9. The lowest BCUT2D eigenvalue weighted by atomic mass is 9.90. The van der Waals surface area contributed by atoms with Crippen LogP contribution in [-0.2, 0) is 0 Å². The molecule has 18 heavy (non-hydrogen) atoms. The van der Waals surface area contributed by atoms with E-state index in [1.165, 1.54) is 0 Å². The third-order valence-electron chi connectivity index (χ3n) is 3.52. The molecule has 0 radical (unpaired) electrons. The molecule has 0 unspecified atom stereocenters. The van der Waals surface area contributed by atoms with E-state index < -0.39 is 0 Å². The summed E-state index contributed by atoms with van der Waals surface area (Å²) in [6.07, 6.45) is 2.71. The molecule has 1 aliphatic rings. The third-order valence-corrected chi connectivity index (χ3v) is 3.52. The van der Waals surface area contributed by atoms with Crippen molar-refractivity contribution in [1.29, 1.82) is 0 Å². The molecule has 1 heterocycles. The van der Waals surface area contributed by atoms with Gasteiger partial charge in [-0.15, -0.1) is 0 Å². The summed E-state index contributed by atoms with van der Waals surface area (Å²) in [6.45, 7) is 2.01. The predicted octanol–water partition coefficient (Wildman–Crippen LogP) is 1.85. The molecule has 1 fully saturated rings. The number of para-hydroxylation sites is 1. The fourth-order valence-corrected chi connectivity index (χ4v) is 2.42. The summed E-state index contributed by atoms with van der Waals surface area (Å²) in [5.74, 6) is 1.17. The minimum atomic E-state index is 0.123. The Hall–Kier alpha value is -1.55. The topological polar surface area (TPSA) is 64.3 Å². The highest BCUT2D eigenvalue weighted by molar-refractivity contribution is 6.02. The first-order chi connectivity index (χ1) is 8.72. The van der Waals surface area contributed by atoms with E-state index in [0.717, 1.165) is 25.9 Å². The van der Waals surface area contributed by atoms with Crippen LogP contribution in [0.2, 0.25) is 0 Å². The van der Waals surface area contributed by atoms with Crippen LogP contribution in [0.3, 0.4) is 0 Å². The van der Waals surface area contributed by atoms with E-state index >= 15 is 0 Å². The molecule has 1 aromatic carbocycles. The molecule has 1 aliphatic heterocycles. The van der Waals surface area contributed by atoms with Crippen LogP contribution in [0.1, 0.15) is 29.6 Å². The second kappa shape index (κ2) is 5.87. The smallest absolute Gasteiger partial charge is 0.165 e. The molecule has 4 heteroatoms. The Balaban J connectivity index is 2.08. The maximum Gasteiger partial charge on any atom is 0.165 e. The molecule has 0 atom stereocenters. The molecular weight excluding hydrogens is 228 g/mol. The summed E-state index contributed by atoms with van der Waals surface area (Å²) in [5.41, 5.74) is 6.99. The van der Waals surface area contributed by atoms with Crippen molar-refractivity contribution in [2.24, 2.45) is 5.92 Å². The number of carbonyl (C=O) groups is 1. The Morgan fingerprint density at radius 2 is 2.17 bits per heavy atom. The van der Waals surface area contributed by atoms with Crippen molar-refractivity contribution in [2.45, 2.75) is 19.3 Å². The van der Waals surface area contributed by atoms with Crippen molar-refractivity contribution in [3.8, 4) is 5.75 Å². The van der Waals surface area contributed by atoms with Crippen LogP contribution in [0.4, 0.5) is 5.69 Å². The minimum Gasteiger partial charge on any atom is -0.495 e. The zero-order valence-corrected chi connectivity index (χ0v) is 10.7. The number of hydrogen-bond acceptors (Lipinski definition) is 4. The number of Topliss-reactive ketones (excluding diaryl/α,β-unsaturated/α-hetero) is 1. The standard InChI is InChI=1S/C14H20N2O2/c1-18-13-4-2-3-11(14(13)15)12(17)9-10-5-7-16-8-6-10/h2-4,10,16H,5-9,15H2,1H3. The lowest BCUT2D eigenvalue weighted by Crippen LogP contribution is -2.29. The van der Waals surface area contributed by atoms with Gasteiger partial charge in [0.15, 0.2) is 5.78 Å². The lowest BCUT2D eigenvalue weighted by Gasteiger charge is -2.22. The van der Waals surface area contributed by atoms with E-state index in [1.807, 2.05) is 6.07 Å². The van der Waals surface area contributed by atoms with Gasteiger partial charge in [0.25, 0.3) is 0 Å². The van der Waals surface area contributed by atoms with E-state index in [1.54, 1.807) is 19.2 Å². The molecule has 1 aromatic rings. The molecule has 0 amide bonds. The van der Waals surface area contributed by atoms with E-state index in [9.17, 15) is 4.79 Å². The summed E-state index contributed by atoms with van der Waals surface area (Å²) in [5, 5.41) is 3.30. The monoisotopic (exact) mass is 248 g/mol. The van der Waals surface area contributed by atoms with Crippen molar-refractivity contribution in [3.05, 3.63) is 23.8 Å². The number of carbonyl (C=O) groups excluding carboxylic acids is 1. The second-order valence-corrected chi connectivity index (χ2v) is 4.74. The molecule has 4 nitrogen and oxygen atoms in total. The van der Waals surface area contributed by atoms with Gasteiger partial charge in [-0.05, 0) is 44.0 Å². The van der Waals surface area contributed by atoms with Crippen LogP contribution >= 0.6 is 0 Å². The molecule has 0 saturated carbocycles. The number of hydrogen-bond donors (Lipinski definition) is 2. The maximum absolute atomic E-state index is 12.2. The third kappa shape index (κ3) is 2.82. The number of benzene rings is 1. The number of methoxy groups -OCH3 is 1. The quantitative estimate of drug-likeness (QED) is 0.630. The molecule has 3 N–H and O–H groups in total. The number of nitrogens with one attached hydrogen (secondary N) is 1. The Bertz CT molecular complexity index is 426. The van der Waals surface area contributed by atoms with Crippen LogP contribution < -0.4 is 15.8 Å². The molecule has 0 spiro atoms. The molecule has 0 aliphatic carbocycles. The summed E-state index contributed by atoms with van der Waals surface area (Å²) in [4.78, 5) is 12.2. The number of piperidine rings is 1. The predicted molar refractivity (Wildman–Crippen MR) is 71.9 cm³/mol. The Labute approximate surface area is 108 Å². The van der Waals surface area contributed by atoms with Gasteiger partial charge in [0.1, 0.15) is 5.75 Å².